The van der Waals surface area contributed by atoms with E-state index in [0.717, 1.165) is 6.07 Å². The number of hydrogen-bond donors (Lipinski definition) is 0. The van der Waals surface area contributed by atoms with Crippen LogP contribution in [0.25, 0.3) is 11.1 Å². The van der Waals surface area contributed by atoms with E-state index in [9.17, 15) is 26.4 Å². The fourth-order valence-corrected chi connectivity index (χ4v) is 3.15. The van der Waals surface area contributed by atoms with Crippen LogP contribution in [-0.4, -0.2) is 13.7 Å². The van der Waals surface area contributed by atoms with Gasteiger partial charge < -0.3 is 0 Å². The van der Waals surface area contributed by atoms with E-state index in [1.807, 2.05) is 0 Å². The van der Waals surface area contributed by atoms with Crippen LogP contribution >= 0.6 is 22.3 Å². The van der Waals surface area contributed by atoms with Gasteiger partial charge in [-0.1, -0.05) is 12.1 Å². The van der Waals surface area contributed by atoms with Crippen molar-refractivity contribution >= 4 is 36.6 Å². The second-order valence-electron chi connectivity index (χ2n) is 4.93. The molecule has 9 heteroatoms. The summed E-state index contributed by atoms with van der Waals surface area (Å²) in [5, 5.41) is -1.01. The standard InChI is InChI=1S/C15H9Cl2F3O3S/c1-8-12(9-2-4-11(5-3-9)24(17,22)23)6-10(15(18,19)20)7-13(8)14(16)21/h2-7H,1H3. The maximum Gasteiger partial charge on any atom is 0.416 e. The van der Waals surface area contributed by atoms with Crippen molar-refractivity contribution in [2.45, 2.75) is 18.0 Å². The molecule has 0 atom stereocenters. The molecule has 0 spiro atoms. The lowest BCUT2D eigenvalue weighted by Gasteiger charge is -2.15. The molecular formula is C15H9Cl2F3O3S. The molecule has 0 aliphatic heterocycles. The predicted molar refractivity (Wildman–Crippen MR) is 84.8 cm³/mol. The molecule has 24 heavy (non-hydrogen) atoms. The Balaban J connectivity index is 2.69. The van der Waals surface area contributed by atoms with E-state index in [4.69, 9.17) is 22.3 Å². The lowest BCUT2D eigenvalue weighted by molar-refractivity contribution is -0.137. The van der Waals surface area contributed by atoms with Crippen LogP contribution < -0.4 is 0 Å². The number of rotatable bonds is 3. The molecule has 0 radical (unpaired) electrons. The molecule has 0 unspecified atom stereocenters. The monoisotopic (exact) mass is 396 g/mol. The van der Waals surface area contributed by atoms with E-state index in [2.05, 4.69) is 0 Å². The van der Waals surface area contributed by atoms with Gasteiger partial charge in [0.1, 0.15) is 0 Å². The maximum atomic E-state index is 13.0. The number of benzene rings is 2. The van der Waals surface area contributed by atoms with Crippen LogP contribution in [0.1, 0.15) is 21.5 Å². The molecule has 2 aromatic carbocycles. The zero-order chi connectivity index (χ0) is 18.3. The van der Waals surface area contributed by atoms with Crippen molar-refractivity contribution in [2.75, 3.05) is 0 Å². The van der Waals surface area contributed by atoms with Crippen molar-refractivity contribution in [3.63, 3.8) is 0 Å². The highest BCUT2D eigenvalue weighted by Crippen LogP contribution is 2.36. The molecular weight excluding hydrogens is 388 g/mol. The van der Waals surface area contributed by atoms with Gasteiger partial charge >= 0.3 is 6.18 Å². The second kappa shape index (κ2) is 6.38. The fourth-order valence-electron chi connectivity index (χ4n) is 2.18. The van der Waals surface area contributed by atoms with Gasteiger partial charge in [0.2, 0.25) is 0 Å². The summed E-state index contributed by atoms with van der Waals surface area (Å²) in [7, 11) is 1.25. The molecule has 0 aliphatic carbocycles. The van der Waals surface area contributed by atoms with Gasteiger partial charge in [-0.25, -0.2) is 8.42 Å². The van der Waals surface area contributed by atoms with Gasteiger partial charge in [0, 0.05) is 16.2 Å². The zero-order valence-corrected chi connectivity index (χ0v) is 14.3. The molecule has 0 saturated carbocycles. The maximum absolute atomic E-state index is 13.0. The second-order valence-corrected chi connectivity index (χ2v) is 7.84. The molecule has 2 rings (SSSR count). The summed E-state index contributed by atoms with van der Waals surface area (Å²) in [4.78, 5) is 11.2. The first-order valence-electron chi connectivity index (χ1n) is 6.38. The summed E-state index contributed by atoms with van der Waals surface area (Å²) in [6.45, 7) is 1.46. The third-order valence-corrected chi connectivity index (χ3v) is 4.97. The van der Waals surface area contributed by atoms with Crippen molar-refractivity contribution < 1.29 is 26.4 Å². The molecule has 0 fully saturated rings. The van der Waals surface area contributed by atoms with Crippen molar-refractivity contribution in [1.29, 1.82) is 0 Å². The third-order valence-electron chi connectivity index (χ3n) is 3.39. The lowest BCUT2D eigenvalue weighted by Crippen LogP contribution is -2.08. The summed E-state index contributed by atoms with van der Waals surface area (Å²) < 4.78 is 61.5. The molecule has 0 bridgehead atoms. The summed E-state index contributed by atoms with van der Waals surface area (Å²) in [6.07, 6.45) is -4.66. The summed E-state index contributed by atoms with van der Waals surface area (Å²) >= 11 is 5.37. The molecule has 2 aromatic rings. The van der Waals surface area contributed by atoms with E-state index in [1.165, 1.54) is 31.2 Å². The Kier molecular flexibility index (Phi) is 4.99. The normalized spacial score (nSPS) is 12.2. The fraction of sp³-hybridized carbons (Fsp3) is 0.133. The number of hydrogen-bond acceptors (Lipinski definition) is 3. The van der Waals surface area contributed by atoms with Crippen molar-refractivity contribution in [3.05, 3.63) is 53.1 Å². The van der Waals surface area contributed by atoms with Gasteiger partial charge in [-0.15, -0.1) is 0 Å². The number of alkyl halides is 3. The Morgan fingerprint density at radius 2 is 1.62 bits per heavy atom. The van der Waals surface area contributed by atoms with Crippen LogP contribution in [0.3, 0.4) is 0 Å². The molecule has 0 aliphatic rings. The van der Waals surface area contributed by atoms with Crippen molar-refractivity contribution in [1.82, 2.24) is 0 Å². The predicted octanol–water partition coefficient (Wildman–Crippen LogP) is 4.99. The third kappa shape index (κ3) is 3.91. The first-order valence-corrected chi connectivity index (χ1v) is 9.07. The highest BCUT2D eigenvalue weighted by molar-refractivity contribution is 8.13. The first kappa shape index (κ1) is 18.8. The van der Waals surface area contributed by atoms with Crippen LogP contribution in [0.4, 0.5) is 13.2 Å². The molecule has 0 N–H and O–H groups in total. The highest BCUT2D eigenvalue weighted by Gasteiger charge is 2.32. The minimum Gasteiger partial charge on any atom is -0.276 e. The average Bonchev–Trinajstić information content (AvgIpc) is 2.45. The minimum absolute atomic E-state index is 0.118. The Labute approximate surface area is 145 Å². The van der Waals surface area contributed by atoms with Gasteiger partial charge in [-0.3, -0.25) is 4.79 Å². The van der Waals surface area contributed by atoms with E-state index in [0.29, 0.717) is 11.6 Å². The molecule has 0 saturated heterocycles. The Morgan fingerprint density at radius 1 is 1.08 bits per heavy atom. The molecule has 0 aromatic heterocycles. The average molecular weight is 397 g/mol. The number of halogens is 5. The van der Waals surface area contributed by atoms with Gasteiger partial charge in [-0.2, -0.15) is 13.2 Å². The molecule has 0 heterocycles. The van der Waals surface area contributed by atoms with Crippen molar-refractivity contribution in [3.8, 4) is 11.1 Å². The van der Waals surface area contributed by atoms with Gasteiger partial charge in [-0.05, 0) is 59.5 Å². The summed E-state index contributed by atoms with van der Waals surface area (Å²) in [5.41, 5.74) is -0.629. The van der Waals surface area contributed by atoms with E-state index >= 15 is 0 Å². The topological polar surface area (TPSA) is 51.2 Å². The van der Waals surface area contributed by atoms with Crippen LogP contribution in [0, 0.1) is 6.92 Å². The number of carbonyl (C=O) groups is 1. The smallest absolute Gasteiger partial charge is 0.276 e. The Bertz CT molecular complexity index is 905. The lowest BCUT2D eigenvalue weighted by atomic mass is 9.94. The summed E-state index contributed by atoms with van der Waals surface area (Å²) in [5.74, 6) is 0. The van der Waals surface area contributed by atoms with E-state index in [1.54, 1.807) is 0 Å². The first-order chi connectivity index (χ1) is 10.9. The summed E-state index contributed by atoms with van der Waals surface area (Å²) in [6, 6.07) is 6.51. The number of carbonyl (C=O) groups excluding carboxylic acids is 1. The quantitative estimate of drug-likeness (QED) is 0.686. The minimum atomic E-state index is -4.66. The zero-order valence-electron chi connectivity index (χ0n) is 12.0. The van der Waals surface area contributed by atoms with E-state index < -0.39 is 26.0 Å². The molecule has 0 amide bonds. The Hall–Kier alpha value is -1.57. The molecule has 3 nitrogen and oxygen atoms in total. The van der Waals surface area contributed by atoms with Crippen LogP contribution in [-0.2, 0) is 15.2 Å². The highest BCUT2D eigenvalue weighted by atomic mass is 35.7. The van der Waals surface area contributed by atoms with Gasteiger partial charge in [0.25, 0.3) is 14.3 Å². The SMILES string of the molecule is Cc1c(C(=O)Cl)cc(C(F)(F)F)cc1-c1ccc(S(=O)(=O)Cl)cc1. The van der Waals surface area contributed by atoms with Crippen molar-refractivity contribution in [2.24, 2.45) is 0 Å². The van der Waals surface area contributed by atoms with Gasteiger partial charge in [0.05, 0.1) is 10.5 Å². The van der Waals surface area contributed by atoms with Gasteiger partial charge in [0.15, 0.2) is 0 Å². The van der Waals surface area contributed by atoms with Crippen LogP contribution in [0.2, 0.25) is 0 Å². The molecule has 128 valence electrons. The van der Waals surface area contributed by atoms with Crippen LogP contribution in [0.15, 0.2) is 41.3 Å². The largest absolute Gasteiger partial charge is 0.416 e. The van der Waals surface area contributed by atoms with Crippen LogP contribution in [0.5, 0.6) is 0 Å². The Morgan fingerprint density at radius 3 is 2.04 bits per heavy atom. The van der Waals surface area contributed by atoms with E-state index in [-0.39, 0.29) is 21.6 Å².